The maximum atomic E-state index is 9.09. The lowest BCUT2D eigenvalue weighted by atomic mass is 10.2. The zero-order chi connectivity index (χ0) is 13.8. The topological polar surface area (TPSA) is 71.9 Å². The lowest BCUT2D eigenvalue weighted by molar-refractivity contribution is 0.471. The van der Waals surface area contributed by atoms with Gasteiger partial charge in [-0.15, -0.1) is 0 Å². The van der Waals surface area contributed by atoms with Crippen LogP contribution in [0.4, 0.5) is 5.69 Å². The lowest BCUT2D eigenvalue weighted by Gasteiger charge is -2.11. The summed E-state index contributed by atoms with van der Waals surface area (Å²) in [5.41, 5.74) is 8.44. The van der Waals surface area contributed by atoms with Gasteiger partial charge in [0, 0.05) is 11.4 Å². The molecule has 19 heavy (non-hydrogen) atoms. The number of benzene rings is 1. The minimum Gasteiger partial charge on any atom is -0.454 e. The van der Waals surface area contributed by atoms with E-state index in [1.54, 1.807) is 18.2 Å². The number of hydrogen-bond acceptors (Lipinski definition) is 4. The molecule has 0 bridgehead atoms. The number of nitrogens with zero attached hydrogens (tertiary/aromatic N) is 2. The summed E-state index contributed by atoms with van der Waals surface area (Å²) in [4.78, 5) is 4.43. The number of nitriles is 1. The first-order chi connectivity index (χ1) is 9.13. The molecule has 2 N–H and O–H groups in total. The number of aryl methyl sites for hydroxylation is 2. The van der Waals surface area contributed by atoms with Gasteiger partial charge in [-0.05, 0) is 43.7 Å². The summed E-state index contributed by atoms with van der Waals surface area (Å²) in [6, 6.07) is 10.9. The molecule has 0 spiro atoms. The Morgan fingerprint density at radius 1 is 1.26 bits per heavy atom. The largest absolute Gasteiger partial charge is 0.454 e. The van der Waals surface area contributed by atoms with Gasteiger partial charge in [0.05, 0.1) is 11.3 Å². The standard InChI is InChI=1S/C15H15N3O/c1-3-13-15(6-4-10(2)18-13)19-14-7-5-12(17)8-11(14)9-16/h4-8H,3,17H2,1-2H3. The molecule has 0 aliphatic heterocycles. The number of anilines is 1. The molecular weight excluding hydrogens is 238 g/mol. The first kappa shape index (κ1) is 12.9. The van der Waals surface area contributed by atoms with Gasteiger partial charge in [0.25, 0.3) is 0 Å². The number of hydrogen-bond donors (Lipinski definition) is 1. The third-order valence-corrected chi connectivity index (χ3v) is 2.75. The molecule has 1 aromatic carbocycles. The van der Waals surface area contributed by atoms with Gasteiger partial charge >= 0.3 is 0 Å². The van der Waals surface area contributed by atoms with Crippen LogP contribution in [0.2, 0.25) is 0 Å². The van der Waals surface area contributed by atoms with E-state index >= 15 is 0 Å². The van der Waals surface area contributed by atoms with Crippen LogP contribution in [0.3, 0.4) is 0 Å². The van der Waals surface area contributed by atoms with E-state index < -0.39 is 0 Å². The van der Waals surface area contributed by atoms with Gasteiger partial charge in [-0.25, -0.2) is 0 Å². The van der Waals surface area contributed by atoms with Gasteiger partial charge in [0.15, 0.2) is 0 Å². The van der Waals surface area contributed by atoms with Crippen molar-refractivity contribution in [2.45, 2.75) is 20.3 Å². The van der Waals surface area contributed by atoms with E-state index in [1.165, 1.54) is 0 Å². The van der Waals surface area contributed by atoms with Crippen LogP contribution in [0.15, 0.2) is 30.3 Å². The Bertz CT molecular complexity index is 644. The Labute approximate surface area is 112 Å². The molecule has 0 aliphatic carbocycles. The van der Waals surface area contributed by atoms with Crippen molar-refractivity contribution in [3.63, 3.8) is 0 Å². The van der Waals surface area contributed by atoms with Gasteiger partial charge in [0.2, 0.25) is 0 Å². The molecule has 0 saturated heterocycles. The molecule has 4 heteroatoms. The van der Waals surface area contributed by atoms with Crippen molar-refractivity contribution in [2.24, 2.45) is 0 Å². The van der Waals surface area contributed by atoms with Crippen LogP contribution < -0.4 is 10.5 Å². The molecule has 0 saturated carbocycles. The smallest absolute Gasteiger partial charge is 0.148 e. The molecule has 96 valence electrons. The van der Waals surface area contributed by atoms with Crippen LogP contribution in [0.1, 0.15) is 23.9 Å². The lowest BCUT2D eigenvalue weighted by Crippen LogP contribution is -1.97. The highest BCUT2D eigenvalue weighted by Gasteiger charge is 2.09. The van der Waals surface area contributed by atoms with Gasteiger partial charge in [-0.1, -0.05) is 6.92 Å². The Morgan fingerprint density at radius 3 is 2.68 bits per heavy atom. The van der Waals surface area contributed by atoms with Gasteiger partial charge in [-0.3, -0.25) is 4.98 Å². The van der Waals surface area contributed by atoms with Crippen LogP contribution in [-0.4, -0.2) is 4.98 Å². The summed E-state index contributed by atoms with van der Waals surface area (Å²) in [5.74, 6) is 1.17. The van der Waals surface area contributed by atoms with Crippen LogP contribution in [0, 0.1) is 18.3 Å². The minimum absolute atomic E-state index is 0.419. The second-order valence-electron chi connectivity index (χ2n) is 4.22. The van der Waals surface area contributed by atoms with E-state index in [-0.39, 0.29) is 0 Å². The molecule has 0 amide bonds. The zero-order valence-corrected chi connectivity index (χ0v) is 11.0. The molecule has 0 aliphatic rings. The monoisotopic (exact) mass is 253 g/mol. The average molecular weight is 253 g/mol. The van der Waals surface area contributed by atoms with Gasteiger partial charge in [0.1, 0.15) is 17.6 Å². The molecule has 1 aromatic heterocycles. The Morgan fingerprint density at radius 2 is 2.00 bits per heavy atom. The fourth-order valence-electron chi connectivity index (χ4n) is 1.79. The Balaban J connectivity index is 2.39. The van der Waals surface area contributed by atoms with Crippen molar-refractivity contribution >= 4 is 5.69 Å². The van der Waals surface area contributed by atoms with Crippen molar-refractivity contribution in [2.75, 3.05) is 5.73 Å². The number of pyridine rings is 1. The number of rotatable bonds is 3. The first-order valence-corrected chi connectivity index (χ1v) is 6.08. The van der Waals surface area contributed by atoms with E-state index in [1.807, 2.05) is 26.0 Å². The second kappa shape index (κ2) is 5.40. The molecule has 0 atom stereocenters. The highest BCUT2D eigenvalue weighted by molar-refractivity contribution is 5.54. The van der Waals surface area contributed by atoms with Crippen molar-refractivity contribution in [1.29, 1.82) is 5.26 Å². The number of nitrogen functional groups attached to an aromatic ring is 1. The van der Waals surface area contributed by atoms with E-state index in [0.717, 1.165) is 17.8 Å². The summed E-state index contributed by atoms with van der Waals surface area (Å²) >= 11 is 0. The van der Waals surface area contributed by atoms with E-state index in [0.29, 0.717) is 22.7 Å². The summed E-state index contributed by atoms with van der Waals surface area (Å²) < 4.78 is 5.79. The highest BCUT2D eigenvalue weighted by Crippen LogP contribution is 2.28. The highest BCUT2D eigenvalue weighted by atomic mass is 16.5. The normalized spacial score (nSPS) is 9.95. The molecular formula is C15H15N3O. The molecule has 0 unspecified atom stereocenters. The van der Waals surface area contributed by atoms with Crippen molar-refractivity contribution in [3.8, 4) is 17.6 Å². The van der Waals surface area contributed by atoms with E-state index in [4.69, 9.17) is 15.7 Å². The van der Waals surface area contributed by atoms with E-state index in [2.05, 4.69) is 11.1 Å². The van der Waals surface area contributed by atoms with Crippen molar-refractivity contribution < 1.29 is 4.74 Å². The third kappa shape index (κ3) is 2.83. The van der Waals surface area contributed by atoms with E-state index in [9.17, 15) is 0 Å². The Kier molecular flexibility index (Phi) is 3.67. The summed E-state index contributed by atoms with van der Waals surface area (Å²) in [7, 11) is 0. The maximum Gasteiger partial charge on any atom is 0.148 e. The summed E-state index contributed by atoms with van der Waals surface area (Å²) in [6.07, 6.45) is 0.772. The SMILES string of the molecule is CCc1nc(C)ccc1Oc1ccc(N)cc1C#N. The van der Waals surface area contributed by atoms with Crippen molar-refractivity contribution in [3.05, 3.63) is 47.3 Å². The summed E-state index contributed by atoms with van der Waals surface area (Å²) in [5, 5.41) is 9.09. The molecule has 1 heterocycles. The average Bonchev–Trinajstić information content (AvgIpc) is 2.42. The Hall–Kier alpha value is -2.54. The van der Waals surface area contributed by atoms with Crippen molar-refractivity contribution in [1.82, 2.24) is 4.98 Å². The van der Waals surface area contributed by atoms with Crippen LogP contribution >= 0.6 is 0 Å². The van der Waals surface area contributed by atoms with Crippen LogP contribution in [0.5, 0.6) is 11.5 Å². The number of aromatic nitrogens is 1. The number of ether oxygens (including phenoxy) is 1. The van der Waals surface area contributed by atoms with Crippen LogP contribution in [0.25, 0.3) is 0 Å². The van der Waals surface area contributed by atoms with Crippen LogP contribution in [-0.2, 0) is 6.42 Å². The summed E-state index contributed by atoms with van der Waals surface area (Å²) in [6.45, 7) is 3.95. The minimum atomic E-state index is 0.419. The fourth-order valence-corrected chi connectivity index (χ4v) is 1.79. The fraction of sp³-hybridized carbons (Fsp3) is 0.200. The number of nitrogens with two attached hydrogens (primary N) is 1. The maximum absolute atomic E-state index is 9.09. The van der Waals surface area contributed by atoms with Gasteiger partial charge in [-0.2, -0.15) is 5.26 Å². The molecule has 0 radical (unpaired) electrons. The van der Waals surface area contributed by atoms with Gasteiger partial charge < -0.3 is 10.5 Å². The molecule has 0 fully saturated rings. The quantitative estimate of drug-likeness (QED) is 0.852. The zero-order valence-electron chi connectivity index (χ0n) is 11.0. The molecule has 2 aromatic rings. The predicted molar refractivity (Wildman–Crippen MR) is 74.0 cm³/mol. The molecule has 4 nitrogen and oxygen atoms in total. The first-order valence-electron chi connectivity index (χ1n) is 6.08. The second-order valence-corrected chi connectivity index (χ2v) is 4.22. The molecule has 2 rings (SSSR count). The predicted octanol–water partition coefficient (Wildman–Crippen LogP) is 3.20. The third-order valence-electron chi connectivity index (χ3n) is 2.75.